The lowest BCUT2D eigenvalue weighted by Gasteiger charge is -2.10. The zero-order valence-corrected chi connectivity index (χ0v) is 12.6. The van der Waals surface area contributed by atoms with Gasteiger partial charge in [0.25, 0.3) is 0 Å². The Balaban J connectivity index is 2.01. The average molecular weight is 319 g/mol. The van der Waals surface area contributed by atoms with Gasteiger partial charge in [0.1, 0.15) is 15.0 Å². The first-order chi connectivity index (χ1) is 10.1. The van der Waals surface area contributed by atoms with Crippen molar-refractivity contribution < 1.29 is 0 Å². The molecule has 0 aliphatic heterocycles. The quantitative estimate of drug-likeness (QED) is 0.770. The molecule has 106 valence electrons. The maximum absolute atomic E-state index is 6.08. The summed E-state index contributed by atoms with van der Waals surface area (Å²) in [4.78, 5) is 7.94. The summed E-state index contributed by atoms with van der Waals surface area (Å²) in [6.07, 6.45) is 1.46. The SMILES string of the molecule is Cc1nnc(-c2ccccc2Nc2nc(N)ncc2Cl)s1. The summed E-state index contributed by atoms with van der Waals surface area (Å²) < 4.78 is 0. The first-order valence-electron chi connectivity index (χ1n) is 6.08. The average Bonchev–Trinajstić information content (AvgIpc) is 2.90. The Bertz CT molecular complexity index is 788. The molecule has 6 nitrogen and oxygen atoms in total. The number of hydrogen-bond acceptors (Lipinski definition) is 7. The highest BCUT2D eigenvalue weighted by atomic mass is 35.5. The second-order valence-corrected chi connectivity index (χ2v) is 5.81. The summed E-state index contributed by atoms with van der Waals surface area (Å²) in [7, 11) is 0. The number of nitrogens with two attached hydrogens (primary N) is 1. The molecule has 0 radical (unpaired) electrons. The van der Waals surface area contributed by atoms with E-state index in [0.717, 1.165) is 21.3 Å². The minimum atomic E-state index is 0.158. The van der Waals surface area contributed by atoms with Gasteiger partial charge in [0.05, 0.1) is 11.9 Å². The number of para-hydroxylation sites is 1. The molecule has 21 heavy (non-hydrogen) atoms. The van der Waals surface area contributed by atoms with E-state index in [1.807, 2.05) is 31.2 Å². The van der Waals surface area contributed by atoms with E-state index < -0.39 is 0 Å². The van der Waals surface area contributed by atoms with E-state index in [-0.39, 0.29) is 5.95 Å². The maximum atomic E-state index is 6.08. The minimum Gasteiger partial charge on any atom is -0.368 e. The van der Waals surface area contributed by atoms with Gasteiger partial charge < -0.3 is 11.1 Å². The first kappa shape index (κ1) is 13.7. The van der Waals surface area contributed by atoms with Crippen LogP contribution in [0.1, 0.15) is 5.01 Å². The molecular weight excluding hydrogens is 308 g/mol. The molecule has 0 bridgehead atoms. The molecule has 0 saturated heterocycles. The van der Waals surface area contributed by atoms with Crippen LogP contribution in [0.25, 0.3) is 10.6 Å². The number of nitrogens with one attached hydrogen (secondary N) is 1. The van der Waals surface area contributed by atoms with Gasteiger partial charge in [-0.05, 0) is 19.1 Å². The number of aromatic nitrogens is 4. The highest BCUT2D eigenvalue weighted by Crippen LogP contribution is 2.33. The van der Waals surface area contributed by atoms with E-state index in [9.17, 15) is 0 Å². The second-order valence-electron chi connectivity index (χ2n) is 4.22. The summed E-state index contributed by atoms with van der Waals surface area (Å²) >= 11 is 7.60. The Morgan fingerprint density at radius 3 is 2.81 bits per heavy atom. The predicted molar refractivity (Wildman–Crippen MR) is 84.8 cm³/mol. The van der Waals surface area contributed by atoms with Gasteiger partial charge in [-0.25, -0.2) is 4.98 Å². The molecule has 2 heterocycles. The number of benzene rings is 1. The molecule has 0 saturated carbocycles. The molecule has 0 aliphatic carbocycles. The normalized spacial score (nSPS) is 10.6. The smallest absolute Gasteiger partial charge is 0.222 e. The molecule has 1 aromatic carbocycles. The van der Waals surface area contributed by atoms with Crippen molar-refractivity contribution >= 4 is 40.4 Å². The van der Waals surface area contributed by atoms with Crippen LogP contribution in [0.2, 0.25) is 5.02 Å². The maximum Gasteiger partial charge on any atom is 0.222 e. The van der Waals surface area contributed by atoms with Crippen LogP contribution in [0.4, 0.5) is 17.5 Å². The fraction of sp³-hybridized carbons (Fsp3) is 0.0769. The van der Waals surface area contributed by atoms with E-state index in [4.69, 9.17) is 17.3 Å². The molecule has 0 unspecified atom stereocenters. The van der Waals surface area contributed by atoms with Crippen LogP contribution in [0.3, 0.4) is 0 Å². The van der Waals surface area contributed by atoms with Crippen molar-refractivity contribution in [1.29, 1.82) is 0 Å². The summed E-state index contributed by atoms with van der Waals surface area (Å²) in [6.45, 7) is 1.92. The van der Waals surface area contributed by atoms with E-state index >= 15 is 0 Å². The fourth-order valence-electron chi connectivity index (χ4n) is 1.78. The van der Waals surface area contributed by atoms with Crippen LogP contribution in [-0.4, -0.2) is 20.2 Å². The van der Waals surface area contributed by atoms with Gasteiger partial charge in [0.2, 0.25) is 5.95 Å². The highest BCUT2D eigenvalue weighted by Gasteiger charge is 2.11. The number of rotatable bonds is 3. The molecule has 0 spiro atoms. The van der Waals surface area contributed by atoms with Crippen LogP contribution in [0.15, 0.2) is 30.5 Å². The van der Waals surface area contributed by atoms with Crippen molar-refractivity contribution in [2.75, 3.05) is 11.1 Å². The predicted octanol–water partition coefficient (Wildman–Crippen LogP) is 3.28. The summed E-state index contributed by atoms with van der Waals surface area (Å²) in [5.41, 5.74) is 7.35. The van der Waals surface area contributed by atoms with Gasteiger partial charge in [-0.3, -0.25) is 0 Å². The second kappa shape index (κ2) is 5.63. The third-order valence-corrected chi connectivity index (χ3v) is 3.85. The summed E-state index contributed by atoms with van der Waals surface area (Å²) in [5, 5.41) is 13.5. The largest absolute Gasteiger partial charge is 0.368 e. The van der Waals surface area contributed by atoms with Crippen molar-refractivity contribution in [1.82, 2.24) is 20.2 Å². The van der Waals surface area contributed by atoms with Crippen molar-refractivity contribution in [2.45, 2.75) is 6.92 Å². The van der Waals surface area contributed by atoms with Gasteiger partial charge >= 0.3 is 0 Å². The summed E-state index contributed by atoms with van der Waals surface area (Å²) in [6, 6.07) is 7.73. The van der Waals surface area contributed by atoms with E-state index in [1.165, 1.54) is 17.5 Å². The van der Waals surface area contributed by atoms with Gasteiger partial charge in [-0.15, -0.1) is 10.2 Å². The molecular formula is C13H11ClN6S. The molecule has 0 aliphatic rings. The fourth-order valence-corrected chi connectivity index (χ4v) is 2.65. The third-order valence-electron chi connectivity index (χ3n) is 2.70. The lowest BCUT2D eigenvalue weighted by molar-refractivity contribution is 1.05. The highest BCUT2D eigenvalue weighted by molar-refractivity contribution is 7.14. The number of hydrogen-bond donors (Lipinski definition) is 2. The van der Waals surface area contributed by atoms with E-state index in [2.05, 4.69) is 25.5 Å². The van der Waals surface area contributed by atoms with E-state index in [1.54, 1.807) is 0 Å². The van der Waals surface area contributed by atoms with Crippen molar-refractivity contribution in [3.63, 3.8) is 0 Å². The molecule has 3 rings (SSSR count). The van der Waals surface area contributed by atoms with Crippen LogP contribution in [0, 0.1) is 6.92 Å². The molecule has 3 N–H and O–H groups in total. The molecule has 0 fully saturated rings. The zero-order valence-electron chi connectivity index (χ0n) is 11.0. The van der Waals surface area contributed by atoms with Crippen LogP contribution in [0.5, 0.6) is 0 Å². The molecule has 0 amide bonds. The standard InChI is InChI=1S/C13H11ClN6S/c1-7-19-20-12(21-7)8-4-2-3-5-10(8)17-11-9(14)6-16-13(15)18-11/h2-6H,1H3,(H3,15,16,17,18). The first-order valence-corrected chi connectivity index (χ1v) is 7.27. The van der Waals surface area contributed by atoms with Crippen molar-refractivity contribution in [2.24, 2.45) is 0 Å². The number of aryl methyl sites for hydroxylation is 1. The third kappa shape index (κ3) is 2.93. The van der Waals surface area contributed by atoms with Crippen molar-refractivity contribution in [3.05, 3.63) is 40.5 Å². The number of nitrogens with zero attached hydrogens (tertiary/aromatic N) is 4. The van der Waals surface area contributed by atoms with Gasteiger partial charge in [-0.1, -0.05) is 35.1 Å². The van der Waals surface area contributed by atoms with Gasteiger partial charge in [0, 0.05) is 5.56 Å². The van der Waals surface area contributed by atoms with Crippen molar-refractivity contribution in [3.8, 4) is 10.6 Å². The topological polar surface area (TPSA) is 89.6 Å². The molecule has 3 aromatic rings. The Labute approximate surface area is 130 Å². The number of nitrogen functional groups attached to an aromatic ring is 1. The zero-order chi connectivity index (χ0) is 14.8. The lowest BCUT2D eigenvalue weighted by Crippen LogP contribution is -2.01. The van der Waals surface area contributed by atoms with Crippen LogP contribution < -0.4 is 11.1 Å². The monoisotopic (exact) mass is 318 g/mol. The number of anilines is 3. The Kier molecular flexibility index (Phi) is 3.68. The molecule has 8 heteroatoms. The van der Waals surface area contributed by atoms with E-state index in [0.29, 0.717) is 10.8 Å². The van der Waals surface area contributed by atoms with Gasteiger partial charge in [0.15, 0.2) is 5.82 Å². The summed E-state index contributed by atoms with van der Waals surface area (Å²) in [5.74, 6) is 0.615. The Hall–Kier alpha value is -2.25. The lowest BCUT2D eigenvalue weighted by atomic mass is 10.2. The van der Waals surface area contributed by atoms with Crippen LogP contribution >= 0.6 is 22.9 Å². The number of halogens is 1. The minimum absolute atomic E-state index is 0.158. The molecule has 0 atom stereocenters. The van der Waals surface area contributed by atoms with Gasteiger partial charge in [-0.2, -0.15) is 4.98 Å². The van der Waals surface area contributed by atoms with Crippen LogP contribution in [-0.2, 0) is 0 Å². The molecule has 2 aromatic heterocycles. The Morgan fingerprint density at radius 2 is 2.05 bits per heavy atom. The Morgan fingerprint density at radius 1 is 1.24 bits per heavy atom.